The monoisotopic (exact) mass is 297 g/mol. The molecule has 4 heteroatoms. The van der Waals surface area contributed by atoms with Gasteiger partial charge in [-0.3, -0.25) is 0 Å². The van der Waals surface area contributed by atoms with Crippen LogP contribution in [0.25, 0.3) is 0 Å². The van der Waals surface area contributed by atoms with Gasteiger partial charge in [-0.25, -0.2) is 4.39 Å². The van der Waals surface area contributed by atoms with E-state index in [1.807, 2.05) is 0 Å². The zero-order valence-electron chi connectivity index (χ0n) is 11.0. The molecule has 0 aliphatic heterocycles. The predicted molar refractivity (Wildman–Crippen MR) is 80.6 cm³/mol. The van der Waals surface area contributed by atoms with Gasteiger partial charge in [-0.15, -0.1) is 11.3 Å². The molecule has 0 fully saturated rings. The van der Waals surface area contributed by atoms with Gasteiger partial charge < -0.3 is 5.32 Å². The molecule has 2 rings (SSSR count). The third-order valence-corrected chi connectivity index (χ3v) is 4.45. The summed E-state index contributed by atoms with van der Waals surface area (Å²) in [5.74, 6) is -0.300. The van der Waals surface area contributed by atoms with Gasteiger partial charge in [0.2, 0.25) is 0 Å². The molecular formula is C15H17ClFNS. The van der Waals surface area contributed by atoms with E-state index < -0.39 is 0 Å². The van der Waals surface area contributed by atoms with Gasteiger partial charge in [0.25, 0.3) is 0 Å². The Bertz CT molecular complexity index is 553. The van der Waals surface area contributed by atoms with E-state index in [-0.39, 0.29) is 11.9 Å². The third kappa shape index (κ3) is 3.35. The van der Waals surface area contributed by atoms with Gasteiger partial charge in [-0.2, -0.15) is 0 Å². The van der Waals surface area contributed by atoms with Gasteiger partial charge in [0.1, 0.15) is 5.82 Å². The number of nitrogens with one attached hydrogen (secondary N) is 1. The van der Waals surface area contributed by atoms with Crippen molar-refractivity contribution in [2.75, 3.05) is 6.54 Å². The molecule has 0 amide bonds. The van der Waals surface area contributed by atoms with Crippen LogP contribution in [0, 0.1) is 12.7 Å². The van der Waals surface area contributed by atoms with Crippen LogP contribution in [-0.2, 0) is 0 Å². The van der Waals surface area contributed by atoms with E-state index in [9.17, 15) is 4.39 Å². The van der Waals surface area contributed by atoms with Gasteiger partial charge in [-0.05, 0) is 54.6 Å². The molecule has 0 radical (unpaired) electrons. The predicted octanol–water partition coefficient (Wildman–Crippen LogP) is 4.94. The first kappa shape index (κ1) is 14.5. The van der Waals surface area contributed by atoms with Crippen LogP contribution >= 0.6 is 22.9 Å². The lowest BCUT2D eigenvalue weighted by molar-refractivity contribution is 0.598. The number of rotatable bonds is 5. The second kappa shape index (κ2) is 6.51. The molecule has 1 heterocycles. The first-order chi connectivity index (χ1) is 9.13. The standard InChI is InChI=1S/C15H17ClFNS/c1-3-7-18-14(15-10(2)6-8-19-15)12-5-4-11(17)9-13(12)16/h4-6,8-9,14,18H,3,7H2,1-2H3. The summed E-state index contributed by atoms with van der Waals surface area (Å²) in [6, 6.07) is 6.74. The van der Waals surface area contributed by atoms with Gasteiger partial charge in [0, 0.05) is 9.90 Å². The summed E-state index contributed by atoms with van der Waals surface area (Å²) in [6.07, 6.45) is 1.04. The Hall–Kier alpha value is -0.900. The smallest absolute Gasteiger partial charge is 0.124 e. The minimum atomic E-state index is -0.300. The molecule has 1 aromatic carbocycles. The van der Waals surface area contributed by atoms with Crippen molar-refractivity contribution in [3.63, 3.8) is 0 Å². The van der Waals surface area contributed by atoms with Crippen LogP contribution in [0.5, 0.6) is 0 Å². The van der Waals surface area contributed by atoms with Crippen LogP contribution in [0.4, 0.5) is 4.39 Å². The third-order valence-electron chi connectivity index (χ3n) is 3.04. The molecule has 0 spiro atoms. The molecule has 1 N–H and O–H groups in total. The first-order valence-electron chi connectivity index (χ1n) is 6.35. The second-order valence-electron chi connectivity index (χ2n) is 4.52. The van der Waals surface area contributed by atoms with Crippen molar-refractivity contribution in [3.05, 3.63) is 56.5 Å². The summed E-state index contributed by atoms with van der Waals surface area (Å²) < 4.78 is 13.2. The van der Waals surface area contributed by atoms with Crippen molar-refractivity contribution in [2.45, 2.75) is 26.3 Å². The van der Waals surface area contributed by atoms with Crippen LogP contribution in [0.15, 0.2) is 29.6 Å². The Morgan fingerprint density at radius 1 is 1.37 bits per heavy atom. The van der Waals surface area contributed by atoms with Crippen molar-refractivity contribution in [2.24, 2.45) is 0 Å². The number of hydrogen-bond acceptors (Lipinski definition) is 2. The Morgan fingerprint density at radius 3 is 2.74 bits per heavy atom. The highest BCUT2D eigenvalue weighted by atomic mass is 35.5. The van der Waals surface area contributed by atoms with Gasteiger partial charge in [-0.1, -0.05) is 24.6 Å². The van der Waals surface area contributed by atoms with Crippen molar-refractivity contribution in [1.29, 1.82) is 0 Å². The summed E-state index contributed by atoms with van der Waals surface area (Å²) in [4.78, 5) is 1.24. The maximum absolute atomic E-state index is 13.2. The number of aryl methyl sites for hydroxylation is 1. The molecule has 19 heavy (non-hydrogen) atoms. The number of thiophene rings is 1. The Balaban J connectivity index is 2.40. The van der Waals surface area contributed by atoms with Crippen molar-refractivity contribution in [1.82, 2.24) is 5.32 Å². The molecule has 1 atom stereocenters. The molecule has 0 saturated carbocycles. The average molecular weight is 298 g/mol. The number of benzene rings is 1. The van der Waals surface area contributed by atoms with E-state index in [0.717, 1.165) is 18.5 Å². The molecule has 0 aliphatic carbocycles. The van der Waals surface area contributed by atoms with E-state index >= 15 is 0 Å². The normalized spacial score (nSPS) is 12.6. The van der Waals surface area contributed by atoms with E-state index in [2.05, 4.69) is 30.6 Å². The molecule has 102 valence electrons. The molecule has 0 saturated heterocycles. The summed E-state index contributed by atoms with van der Waals surface area (Å²) in [5, 5.41) is 6.04. The summed E-state index contributed by atoms with van der Waals surface area (Å²) in [7, 11) is 0. The van der Waals surface area contributed by atoms with E-state index in [4.69, 9.17) is 11.6 Å². The van der Waals surface area contributed by atoms with Crippen molar-refractivity contribution >= 4 is 22.9 Å². The van der Waals surface area contributed by atoms with Crippen molar-refractivity contribution in [3.8, 4) is 0 Å². The Labute approximate surface area is 122 Å². The first-order valence-corrected chi connectivity index (χ1v) is 7.61. The van der Waals surface area contributed by atoms with E-state index in [1.54, 1.807) is 17.4 Å². The van der Waals surface area contributed by atoms with Gasteiger partial charge in [0.15, 0.2) is 0 Å². The SMILES string of the molecule is CCCNC(c1ccc(F)cc1Cl)c1sccc1C. The lowest BCUT2D eigenvalue weighted by atomic mass is 10.0. The average Bonchev–Trinajstić information content (AvgIpc) is 2.78. The molecule has 1 unspecified atom stereocenters. The fourth-order valence-electron chi connectivity index (χ4n) is 2.05. The molecule has 0 bridgehead atoms. The van der Waals surface area contributed by atoms with E-state index in [1.165, 1.54) is 22.6 Å². The van der Waals surface area contributed by atoms with Crippen LogP contribution < -0.4 is 5.32 Å². The minimum Gasteiger partial charge on any atom is -0.306 e. The second-order valence-corrected chi connectivity index (χ2v) is 5.88. The largest absolute Gasteiger partial charge is 0.306 e. The zero-order chi connectivity index (χ0) is 13.8. The van der Waals surface area contributed by atoms with Crippen LogP contribution in [0.3, 0.4) is 0 Å². The lowest BCUT2D eigenvalue weighted by Gasteiger charge is -2.20. The summed E-state index contributed by atoms with van der Waals surface area (Å²) in [6.45, 7) is 5.11. The van der Waals surface area contributed by atoms with Gasteiger partial charge >= 0.3 is 0 Å². The molecule has 0 aliphatic rings. The number of hydrogen-bond donors (Lipinski definition) is 1. The maximum Gasteiger partial charge on any atom is 0.124 e. The molecule has 1 aromatic heterocycles. The fraction of sp³-hybridized carbons (Fsp3) is 0.333. The lowest BCUT2D eigenvalue weighted by Crippen LogP contribution is -2.23. The Morgan fingerprint density at radius 2 is 2.16 bits per heavy atom. The molecule has 2 aromatic rings. The number of halogens is 2. The topological polar surface area (TPSA) is 12.0 Å². The van der Waals surface area contributed by atoms with Crippen LogP contribution in [0.2, 0.25) is 5.02 Å². The quantitative estimate of drug-likeness (QED) is 0.824. The summed E-state index contributed by atoms with van der Waals surface area (Å²) in [5.41, 5.74) is 2.17. The highest BCUT2D eigenvalue weighted by Crippen LogP contribution is 2.33. The molecule has 1 nitrogen and oxygen atoms in total. The van der Waals surface area contributed by atoms with Gasteiger partial charge in [0.05, 0.1) is 6.04 Å². The Kier molecular flexibility index (Phi) is 4.97. The highest BCUT2D eigenvalue weighted by molar-refractivity contribution is 7.10. The minimum absolute atomic E-state index is 0.0352. The highest BCUT2D eigenvalue weighted by Gasteiger charge is 2.19. The maximum atomic E-state index is 13.2. The molecular weight excluding hydrogens is 281 g/mol. The summed E-state index contributed by atoms with van der Waals surface area (Å²) >= 11 is 7.90. The van der Waals surface area contributed by atoms with Crippen LogP contribution in [-0.4, -0.2) is 6.54 Å². The van der Waals surface area contributed by atoms with E-state index in [0.29, 0.717) is 5.02 Å². The van der Waals surface area contributed by atoms with Crippen molar-refractivity contribution < 1.29 is 4.39 Å². The van der Waals surface area contributed by atoms with Crippen LogP contribution in [0.1, 0.15) is 35.4 Å². The zero-order valence-corrected chi connectivity index (χ0v) is 12.6. The fourth-order valence-corrected chi connectivity index (χ4v) is 3.34.